The Morgan fingerprint density at radius 3 is 2.65 bits per heavy atom. The number of alkyl carbamates (subject to hydrolysis) is 1. The number of hydrogen-bond acceptors (Lipinski definition) is 4. The lowest BCUT2D eigenvalue weighted by Gasteiger charge is -2.22. The van der Waals surface area contributed by atoms with Gasteiger partial charge >= 0.3 is 12.1 Å². The highest BCUT2D eigenvalue weighted by Gasteiger charge is 2.24. The minimum Gasteiger partial charge on any atom is -0.480 e. The molecule has 6 nitrogen and oxygen atoms in total. The van der Waals surface area contributed by atoms with Crippen molar-refractivity contribution in [3.63, 3.8) is 0 Å². The minimum atomic E-state index is -1.11. The Morgan fingerprint density at radius 2 is 2.00 bits per heavy atom. The van der Waals surface area contributed by atoms with Crippen molar-refractivity contribution in [2.75, 3.05) is 0 Å². The molecular weight excluding hydrogens is 296 g/mol. The van der Waals surface area contributed by atoms with Crippen LogP contribution in [0.5, 0.6) is 0 Å². The number of pyridine rings is 1. The maximum absolute atomic E-state index is 11.8. The predicted octanol–water partition coefficient (Wildman–Crippen LogP) is 2.76. The number of ether oxygens (including phenoxy) is 1. The third kappa shape index (κ3) is 4.67. The lowest BCUT2D eigenvalue weighted by Crippen LogP contribution is -2.44. The van der Waals surface area contributed by atoms with Gasteiger partial charge in [-0.2, -0.15) is 0 Å². The fourth-order valence-corrected chi connectivity index (χ4v) is 2.21. The first-order valence-corrected chi connectivity index (χ1v) is 7.31. The number of amides is 1. The maximum atomic E-state index is 11.8. The average molecular weight is 316 g/mol. The Hall–Kier alpha value is -2.63. The normalized spacial score (nSPS) is 12.7. The number of carboxylic acid groups (broad SMARTS) is 1. The lowest BCUT2D eigenvalue weighted by molar-refractivity contribution is -0.139. The fourth-order valence-electron chi connectivity index (χ4n) is 2.21. The van der Waals surface area contributed by atoms with Crippen LogP contribution in [-0.2, 0) is 16.0 Å². The monoisotopic (exact) mass is 316 g/mol. The summed E-state index contributed by atoms with van der Waals surface area (Å²) in [7, 11) is 0. The van der Waals surface area contributed by atoms with E-state index in [4.69, 9.17) is 4.74 Å². The second-order valence-electron chi connectivity index (χ2n) is 6.23. The summed E-state index contributed by atoms with van der Waals surface area (Å²) in [5.74, 6) is -1.11. The van der Waals surface area contributed by atoms with Gasteiger partial charge in [0, 0.05) is 18.0 Å². The van der Waals surface area contributed by atoms with Gasteiger partial charge in [0.2, 0.25) is 0 Å². The summed E-state index contributed by atoms with van der Waals surface area (Å²) in [6.45, 7) is 5.16. The molecule has 23 heavy (non-hydrogen) atoms. The summed E-state index contributed by atoms with van der Waals surface area (Å²) >= 11 is 0. The predicted molar refractivity (Wildman–Crippen MR) is 86.2 cm³/mol. The molecule has 0 radical (unpaired) electrons. The van der Waals surface area contributed by atoms with E-state index in [9.17, 15) is 14.7 Å². The van der Waals surface area contributed by atoms with E-state index in [0.717, 1.165) is 16.5 Å². The van der Waals surface area contributed by atoms with Gasteiger partial charge in [0.05, 0.1) is 5.52 Å². The van der Waals surface area contributed by atoms with E-state index in [0.29, 0.717) is 0 Å². The van der Waals surface area contributed by atoms with E-state index in [1.165, 1.54) is 0 Å². The third-order valence-corrected chi connectivity index (χ3v) is 3.15. The van der Waals surface area contributed by atoms with Crippen LogP contribution >= 0.6 is 0 Å². The van der Waals surface area contributed by atoms with Gasteiger partial charge in [-0.05, 0) is 38.5 Å². The van der Waals surface area contributed by atoms with Crippen LogP contribution in [0.2, 0.25) is 0 Å². The molecule has 1 aromatic carbocycles. The molecule has 0 fully saturated rings. The molecule has 1 amide bonds. The highest BCUT2D eigenvalue weighted by molar-refractivity contribution is 5.84. The summed E-state index contributed by atoms with van der Waals surface area (Å²) in [6, 6.07) is 8.10. The number of aromatic nitrogens is 1. The average Bonchev–Trinajstić information content (AvgIpc) is 2.44. The summed E-state index contributed by atoms with van der Waals surface area (Å²) in [5.41, 5.74) is 0.904. The van der Waals surface area contributed by atoms with Crippen LogP contribution in [0.25, 0.3) is 10.9 Å². The molecular formula is C17H20N2O4. The molecule has 0 spiro atoms. The van der Waals surface area contributed by atoms with Gasteiger partial charge in [0.25, 0.3) is 0 Å². The Labute approximate surface area is 134 Å². The van der Waals surface area contributed by atoms with E-state index in [-0.39, 0.29) is 6.42 Å². The first-order chi connectivity index (χ1) is 10.8. The van der Waals surface area contributed by atoms with Crippen LogP contribution in [0.15, 0.2) is 36.5 Å². The minimum absolute atomic E-state index is 0.150. The van der Waals surface area contributed by atoms with Crippen molar-refractivity contribution in [3.05, 3.63) is 42.1 Å². The highest BCUT2D eigenvalue weighted by Crippen LogP contribution is 2.18. The zero-order valence-corrected chi connectivity index (χ0v) is 13.4. The van der Waals surface area contributed by atoms with Gasteiger partial charge in [-0.3, -0.25) is 4.98 Å². The number of nitrogens with zero attached hydrogens (tertiary/aromatic N) is 1. The van der Waals surface area contributed by atoms with Gasteiger partial charge < -0.3 is 15.2 Å². The number of benzene rings is 1. The lowest BCUT2D eigenvalue weighted by atomic mass is 10.0. The van der Waals surface area contributed by atoms with Gasteiger partial charge in [-0.15, -0.1) is 0 Å². The van der Waals surface area contributed by atoms with Crippen LogP contribution in [0.1, 0.15) is 26.3 Å². The second-order valence-corrected chi connectivity index (χ2v) is 6.23. The number of carbonyl (C=O) groups excluding carboxylic acids is 1. The highest BCUT2D eigenvalue weighted by atomic mass is 16.6. The molecule has 0 aliphatic rings. The van der Waals surface area contributed by atoms with Gasteiger partial charge in [0.15, 0.2) is 0 Å². The number of carboxylic acids is 1. The van der Waals surface area contributed by atoms with Crippen LogP contribution in [0, 0.1) is 0 Å². The largest absolute Gasteiger partial charge is 0.480 e. The van der Waals surface area contributed by atoms with Crippen LogP contribution in [-0.4, -0.2) is 33.8 Å². The number of hydrogen-bond donors (Lipinski definition) is 2. The van der Waals surface area contributed by atoms with Crippen molar-refractivity contribution in [2.24, 2.45) is 0 Å². The number of aliphatic carboxylic acids is 1. The number of nitrogens with one attached hydrogen (secondary N) is 1. The first kappa shape index (κ1) is 16.7. The molecule has 1 unspecified atom stereocenters. The molecule has 0 aliphatic carbocycles. The molecule has 1 heterocycles. The number of rotatable bonds is 4. The van der Waals surface area contributed by atoms with E-state index in [1.54, 1.807) is 33.0 Å². The van der Waals surface area contributed by atoms with E-state index < -0.39 is 23.7 Å². The zero-order valence-electron chi connectivity index (χ0n) is 13.4. The van der Waals surface area contributed by atoms with Crippen LogP contribution < -0.4 is 5.32 Å². The Balaban J connectivity index is 2.19. The summed E-state index contributed by atoms with van der Waals surface area (Å²) in [5, 5.41) is 12.6. The Kier molecular flexibility index (Phi) is 4.83. The molecule has 0 saturated carbocycles. The number of carbonyl (C=O) groups is 2. The standard InChI is InChI=1S/C17H20N2O4/c1-17(2,3)23-16(22)19-14(15(20)21)10-11-6-4-8-13-12(11)7-5-9-18-13/h4-9,14H,10H2,1-3H3,(H,19,22)(H,20,21). The molecule has 0 saturated heterocycles. The van der Waals surface area contributed by atoms with Crippen molar-refractivity contribution in [3.8, 4) is 0 Å². The topological polar surface area (TPSA) is 88.5 Å². The maximum Gasteiger partial charge on any atom is 0.408 e. The fraction of sp³-hybridized carbons (Fsp3) is 0.353. The van der Waals surface area contributed by atoms with Crippen molar-refractivity contribution in [2.45, 2.75) is 38.8 Å². The van der Waals surface area contributed by atoms with Crippen molar-refractivity contribution in [1.82, 2.24) is 10.3 Å². The molecule has 1 atom stereocenters. The first-order valence-electron chi connectivity index (χ1n) is 7.31. The SMILES string of the molecule is CC(C)(C)OC(=O)NC(Cc1cccc2ncccc12)C(=O)O. The van der Waals surface area contributed by atoms with Crippen molar-refractivity contribution in [1.29, 1.82) is 0 Å². The number of fused-ring (bicyclic) bond motifs is 1. The smallest absolute Gasteiger partial charge is 0.408 e. The van der Waals surface area contributed by atoms with Crippen LogP contribution in [0.4, 0.5) is 4.79 Å². The zero-order chi connectivity index (χ0) is 17.0. The molecule has 2 rings (SSSR count). The van der Waals surface area contributed by atoms with Crippen molar-refractivity contribution < 1.29 is 19.4 Å². The second kappa shape index (κ2) is 6.64. The third-order valence-electron chi connectivity index (χ3n) is 3.15. The molecule has 0 aliphatic heterocycles. The molecule has 122 valence electrons. The summed E-state index contributed by atoms with van der Waals surface area (Å²) in [6.07, 6.45) is 1.08. The molecule has 2 aromatic rings. The van der Waals surface area contributed by atoms with Crippen molar-refractivity contribution >= 4 is 23.0 Å². The summed E-state index contributed by atoms with van der Waals surface area (Å²) < 4.78 is 5.12. The van der Waals surface area contributed by atoms with E-state index in [2.05, 4.69) is 10.3 Å². The Morgan fingerprint density at radius 1 is 1.26 bits per heavy atom. The van der Waals surface area contributed by atoms with E-state index in [1.807, 2.05) is 24.3 Å². The van der Waals surface area contributed by atoms with Gasteiger partial charge in [-0.1, -0.05) is 18.2 Å². The molecule has 6 heteroatoms. The van der Waals surface area contributed by atoms with E-state index >= 15 is 0 Å². The van der Waals surface area contributed by atoms with Gasteiger partial charge in [-0.25, -0.2) is 9.59 Å². The molecule has 2 N–H and O–H groups in total. The van der Waals surface area contributed by atoms with Crippen LogP contribution in [0.3, 0.4) is 0 Å². The molecule has 1 aromatic heterocycles. The summed E-state index contributed by atoms with van der Waals surface area (Å²) in [4.78, 5) is 27.5. The Bertz CT molecular complexity index is 717. The molecule has 0 bridgehead atoms. The quantitative estimate of drug-likeness (QED) is 0.905. The van der Waals surface area contributed by atoms with Gasteiger partial charge in [0.1, 0.15) is 11.6 Å².